The normalized spacial score (nSPS) is 13.7. The molecule has 2 atom stereocenters. The van der Waals surface area contributed by atoms with Crippen molar-refractivity contribution in [3.05, 3.63) is 65.5 Å². The number of carbonyl (C=O) groups is 1. The molecule has 1 heterocycles. The minimum absolute atomic E-state index is 0.186. The lowest BCUT2D eigenvalue weighted by Crippen LogP contribution is -2.37. The van der Waals surface area contributed by atoms with Crippen molar-refractivity contribution in [1.82, 2.24) is 15.3 Å². The number of aliphatic hydroxyl groups is 1. The smallest absolute Gasteiger partial charge is 0.251 e. The van der Waals surface area contributed by atoms with Crippen molar-refractivity contribution in [1.29, 1.82) is 0 Å². The van der Waals surface area contributed by atoms with E-state index in [-0.39, 0.29) is 11.5 Å². The second-order valence-electron chi connectivity index (χ2n) is 5.51. The Kier molecular flexibility index (Phi) is 4.26. The lowest BCUT2D eigenvalue weighted by Gasteiger charge is -2.21. The zero-order valence-corrected chi connectivity index (χ0v) is 12.8. The van der Waals surface area contributed by atoms with Gasteiger partial charge in [-0.25, -0.2) is 13.8 Å². The van der Waals surface area contributed by atoms with E-state index in [2.05, 4.69) is 15.3 Å². The zero-order chi connectivity index (χ0) is 17.3. The van der Waals surface area contributed by atoms with Gasteiger partial charge in [0.15, 0.2) is 11.6 Å². The number of aromatic nitrogens is 2. The van der Waals surface area contributed by atoms with E-state index in [1.54, 1.807) is 25.1 Å². The third kappa shape index (κ3) is 3.11. The molecular formula is C17H15F2N3O2. The van der Waals surface area contributed by atoms with Crippen molar-refractivity contribution in [2.75, 3.05) is 0 Å². The molecule has 3 N–H and O–H groups in total. The molecule has 0 saturated heterocycles. The number of nitrogens with zero attached hydrogens (tertiary/aromatic N) is 1. The molecule has 0 spiro atoms. The predicted octanol–water partition coefficient (Wildman–Crippen LogP) is 2.69. The van der Waals surface area contributed by atoms with Crippen molar-refractivity contribution in [3.8, 4) is 0 Å². The largest absolute Gasteiger partial charge is 0.386 e. The predicted molar refractivity (Wildman–Crippen MR) is 84.3 cm³/mol. The Morgan fingerprint density at radius 2 is 2.00 bits per heavy atom. The highest BCUT2D eigenvalue weighted by atomic mass is 19.2. The molecule has 0 bridgehead atoms. The van der Waals surface area contributed by atoms with Crippen LogP contribution in [0.5, 0.6) is 0 Å². The van der Waals surface area contributed by atoms with Crippen molar-refractivity contribution in [3.63, 3.8) is 0 Å². The number of amides is 1. The lowest BCUT2D eigenvalue weighted by molar-refractivity contribution is 0.0851. The van der Waals surface area contributed by atoms with Gasteiger partial charge < -0.3 is 15.4 Å². The number of benzene rings is 2. The summed E-state index contributed by atoms with van der Waals surface area (Å²) in [5.74, 6) is -2.43. The molecule has 0 aliphatic rings. The van der Waals surface area contributed by atoms with Crippen LogP contribution < -0.4 is 5.32 Å². The van der Waals surface area contributed by atoms with E-state index in [1.165, 1.54) is 12.4 Å². The highest BCUT2D eigenvalue weighted by molar-refractivity contribution is 5.97. The zero-order valence-electron chi connectivity index (χ0n) is 12.8. The van der Waals surface area contributed by atoms with E-state index in [1.807, 2.05) is 0 Å². The Hall–Kier alpha value is -2.80. The third-order valence-electron chi connectivity index (χ3n) is 3.80. The number of carbonyl (C=O) groups excluding carboxylic acids is 1. The molecule has 124 valence electrons. The molecule has 7 heteroatoms. The number of imidazole rings is 1. The van der Waals surface area contributed by atoms with Gasteiger partial charge in [-0.2, -0.15) is 0 Å². The van der Waals surface area contributed by atoms with Gasteiger partial charge in [-0.1, -0.05) is 6.07 Å². The molecule has 5 nitrogen and oxygen atoms in total. The van der Waals surface area contributed by atoms with Gasteiger partial charge in [-0.05, 0) is 42.8 Å². The molecule has 3 aromatic rings. The monoisotopic (exact) mass is 331 g/mol. The van der Waals surface area contributed by atoms with E-state index < -0.39 is 23.8 Å². The SMILES string of the molecule is CC(NC(=O)c1ccc2nc[nH]c2c1)C(O)c1ccc(F)c(F)c1. The van der Waals surface area contributed by atoms with Gasteiger partial charge in [0.1, 0.15) is 0 Å². The molecule has 0 fully saturated rings. The first-order chi connectivity index (χ1) is 11.5. The maximum atomic E-state index is 13.3. The van der Waals surface area contributed by atoms with Crippen LogP contribution in [0.1, 0.15) is 28.9 Å². The summed E-state index contributed by atoms with van der Waals surface area (Å²) in [6, 6.07) is 7.41. The first-order valence-electron chi connectivity index (χ1n) is 7.32. The van der Waals surface area contributed by atoms with Gasteiger partial charge in [0.25, 0.3) is 5.91 Å². The number of H-pyrrole nitrogens is 1. The number of halogens is 2. The Balaban J connectivity index is 1.73. The number of rotatable bonds is 4. The van der Waals surface area contributed by atoms with Crippen LogP contribution in [-0.4, -0.2) is 27.0 Å². The summed E-state index contributed by atoms with van der Waals surface area (Å²) >= 11 is 0. The van der Waals surface area contributed by atoms with E-state index in [0.717, 1.165) is 23.2 Å². The fraction of sp³-hybridized carbons (Fsp3) is 0.176. The fourth-order valence-corrected chi connectivity index (χ4v) is 2.43. The number of aromatic amines is 1. The highest BCUT2D eigenvalue weighted by Crippen LogP contribution is 2.20. The Labute approximate surface area is 136 Å². The van der Waals surface area contributed by atoms with Crippen molar-refractivity contribution < 1.29 is 18.7 Å². The standard InChI is InChI=1S/C17H15F2N3O2/c1-9(16(23)10-2-4-12(18)13(19)6-10)22-17(24)11-3-5-14-15(7-11)21-8-20-14/h2-9,16,23H,1H3,(H,20,21)(H,22,24). The van der Waals surface area contributed by atoms with Gasteiger partial charge in [-0.15, -0.1) is 0 Å². The third-order valence-corrected chi connectivity index (χ3v) is 3.80. The quantitative estimate of drug-likeness (QED) is 0.688. The molecule has 1 amide bonds. The van der Waals surface area contributed by atoms with E-state index in [0.29, 0.717) is 5.56 Å². The first kappa shape index (κ1) is 16.1. The number of fused-ring (bicyclic) bond motifs is 1. The molecule has 2 unspecified atom stereocenters. The van der Waals surface area contributed by atoms with Crippen LogP contribution in [0.2, 0.25) is 0 Å². The minimum Gasteiger partial charge on any atom is -0.386 e. The highest BCUT2D eigenvalue weighted by Gasteiger charge is 2.20. The van der Waals surface area contributed by atoms with Crippen LogP contribution in [0.25, 0.3) is 11.0 Å². The minimum atomic E-state index is -1.17. The molecule has 0 saturated carbocycles. The Morgan fingerprint density at radius 3 is 2.75 bits per heavy atom. The number of hydrogen-bond donors (Lipinski definition) is 3. The second kappa shape index (κ2) is 6.37. The van der Waals surface area contributed by atoms with Crippen LogP contribution in [0.15, 0.2) is 42.7 Å². The average Bonchev–Trinajstić information content (AvgIpc) is 3.04. The van der Waals surface area contributed by atoms with Crippen molar-refractivity contribution in [2.24, 2.45) is 0 Å². The van der Waals surface area contributed by atoms with Gasteiger partial charge >= 0.3 is 0 Å². The van der Waals surface area contributed by atoms with Crippen molar-refractivity contribution >= 4 is 16.9 Å². The topological polar surface area (TPSA) is 78.0 Å². The van der Waals surface area contributed by atoms with Gasteiger partial charge in [0.2, 0.25) is 0 Å². The van der Waals surface area contributed by atoms with Crippen LogP contribution in [-0.2, 0) is 0 Å². The average molecular weight is 331 g/mol. The van der Waals surface area contributed by atoms with E-state index >= 15 is 0 Å². The summed E-state index contributed by atoms with van der Waals surface area (Å²) in [5.41, 5.74) is 2.04. The molecule has 3 rings (SSSR count). The van der Waals surface area contributed by atoms with E-state index in [4.69, 9.17) is 0 Å². The van der Waals surface area contributed by atoms with Crippen LogP contribution in [0, 0.1) is 11.6 Å². The van der Waals surface area contributed by atoms with Gasteiger partial charge in [0.05, 0.1) is 29.5 Å². The summed E-state index contributed by atoms with van der Waals surface area (Å²) in [6.45, 7) is 1.58. The Bertz CT molecular complexity index is 894. The second-order valence-corrected chi connectivity index (χ2v) is 5.51. The Morgan fingerprint density at radius 1 is 1.21 bits per heavy atom. The summed E-state index contributed by atoms with van der Waals surface area (Å²) < 4.78 is 26.2. The summed E-state index contributed by atoms with van der Waals surface area (Å²) in [6.07, 6.45) is 0.363. The summed E-state index contributed by atoms with van der Waals surface area (Å²) in [7, 11) is 0. The summed E-state index contributed by atoms with van der Waals surface area (Å²) in [4.78, 5) is 19.3. The molecule has 0 aliphatic heterocycles. The van der Waals surface area contributed by atoms with Gasteiger partial charge in [-0.3, -0.25) is 4.79 Å². The molecular weight excluding hydrogens is 316 g/mol. The number of nitrogens with one attached hydrogen (secondary N) is 2. The molecule has 2 aromatic carbocycles. The van der Waals surface area contributed by atoms with Crippen LogP contribution >= 0.6 is 0 Å². The molecule has 1 aromatic heterocycles. The summed E-state index contributed by atoms with van der Waals surface area (Å²) in [5, 5.41) is 12.9. The van der Waals surface area contributed by atoms with E-state index in [9.17, 15) is 18.7 Å². The fourth-order valence-electron chi connectivity index (χ4n) is 2.43. The number of hydrogen-bond acceptors (Lipinski definition) is 3. The van der Waals surface area contributed by atoms with Gasteiger partial charge in [0, 0.05) is 5.56 Å². The lowest BCUT2D eigenvalue weighted by atomic mass is 10.0. The molecule has 0 radical (unpaired) electrons. The van der Waals surface area contributed by atoms with Crippen LogP contribution in [0.3, 0.4) is 0 Å². The maximum Gasteiger partial charge on any atom is 0.251 e. The molecule has 0 aliphatic carbocycles. The maximum absolute atomic E-state index is 13.3. The first-order valence-corrected chi connectivity index (χ1v) is 7.32. The number of aliphatic hydroxyl groups excluding tert-OH is 1. The van der Waals surface area contributed by atoms with Crippen LogP contribution in [0.4, 0.5) is 8.78 Å². The molecule has 24 heavy (non-hydrogen) atoms. The van der Waals surface area contributed by atoms with Crippen molar-refractivity contribution in [2.45, 2.75) is 19.1 Å².